The summed E-state index contributed by atoms with van der Waals surface area (Å²) >= 11 is 0. The zero-order chi connectivity index (χ0) is 14.7. The zero-order valence-corrected chi connectivity index (χ0v) is 13.8. The van der Waals surface area contributed by atoms with Gasteiger partial charge in [-0.1, -0.05) is 13.8 Å². The van der Waals surface area contributed by atoms with E-state index in [1.165, 1.54) is 25.7 Å². The van der Waals surface area contributed by atoms with E-state index >= 15 is 0 Å². The van der Waals surface area contributed by atoms with Gasteiger partial charge >= 0.3 is 0 Å². The van der Waals surface area contributed by atoms with E-state index in [4.69, 9.17) is 0 Å². The molecule has 2 aliphatic heterocycles. The number of likely N-dealkylation sites (tertiary alicyclic amines) is 2. The van der Waals surface area contributed by atoms with Crippen LogP contribution in [-0.2, 0) is 4.79 Å². The molecule has 2 fully saturated rings. The minimum absolute atomic E-state index is 0.0943. The molecule has 2 rings (SSSR count). The lowest BCUT2D eigenvalue weighted by Crippen LogP contribution is -2.52. The van der Waals surface area contributed by atoms with Gasteiger partial charge in [-0.05, 0) is 77.5 Å². The molecular formula is C17H32N2O. The summed E-state index contributed by atoms with van der Waals surface area (Å²) in [6.07, 6.45) is 4.97. The van der Waals surface area contributed by atoms with Crippen LogP contribution in [0, 0.1) is 11.8 Å². The lowest BCUT2D eigenvalue weighted by Gasteiger charge is -2.39. The van der Waals surface area contributed by atoms with Crippen molar-refractivity contribution in [3.05, 3.63) is 0 Å². The minimum atomic E-state index is 0.0943. The standard InChI is InChI=1S/C17H32N2O/c1-13-5-9-18(10-6-13)15(3)17(20)16(4)19-11-7-14(2)8-12-19/h13-16H,5-12H2,1-4H3. The first-order chi connectivity index (χ1) is 9.49. The molecule has 2 atom stereocenters. The highest BCUT2D eigenvalue weighted by molar-refractivity contribution is 5.88. The van der Waals surface area contributed by atoms with E-state index in [1.54, 1.807) is 0 Å². The molecule has 2 unspecified atom stereocenters. The largest absolute Gasteiger partial charge is 0.296 e. The third-order valence-electron chi connectivity index (χ3n) is 5.56. The molecule has 0 amide bonds. The van der Waals surface area contributed by atoms with E-state index < -0.39 is 0 Å². The summed E-state index contributed by atoms with van der Waals surface area (Å²) < 4.78 is 0. The van der Waals surface area contributed by atoms with Gasteiger partial charge in [0.2, 0.25) is 0 Å². The number of rotatable bonds is 4. The first kappa shape index (κ1) is 16.0. The number of carbonyl (C=O) groups excluding carboxylic acids is 1. The first-order valence-electron chi connectivity index (χ1n) is 8.51. The smallest absolute Gasteiger partial charge is 0.166 e. The van der Waals surface area contributed by atoms with Crippen LogP contribution in [0.4, 0.5) is 0 Å². The van der Waals surface area contributed by atoms with Gasteiger partial charge in [-0.15, -0.1) is 0 Å². The second-order valence-corrected chi connectivity index (χ2v) is 7.19. The number of Topliss-reactive ketones (excluding diaryl/α,β-unsaturated/α-hetero) is 1. The van der Waals surface area contributed by atoms with Gasteiger partial charge in [-0.3, -0.25) is 14.6 Å². The molecule has 0 aliphatic carbocycles. The molecule has 0 aromatic heterocycles. The molecule has 0 aromatic carbocycles. The Balaban J connectivity index is 1.86. The van der Waals surface area contributed by atoms with Crippen molar-refractivity contribution in [2.24, 2.45) is 11.8 Å². The van der Waals surface area contributed by atoms with Crippen LogP contribution in [-0.4, -0.2) is 53.8 Å². The maximum atomic E-state index is 12.7. The zero-order valence-electron chi connectivity index (χ0n) is 13.8. The number of carbonyl (C=O) groups is 1. The summed E-state index contributed by atoms with van der Waals surface area (Å²) in [5.74, 6) is 2.08. The molecule has 3 nitrogen and oxygen atoms in total. The summed E-state index contributed by atoms with van der Waals surface area (Å²) in [6.45, 7) is 13.2. The van der Waals surface area contributed by atoms with Crippen LogP contribution in [0.5, 0.6) is 0 Å². The average Bonchev–Trinajstić information content (AvgIpc) is 2.46. The minimum Gasteiger partial charge on any atom is -0.296 e. The lowest BCUT2D eigenvalue weighted by atomic mass is 9.94. The number of piperidine rings is 2. The molecule has 116 valence electrons. The monoisotopic (exact) mass is 280 g/mol. The summed E-state index contributed by atoms with van der Waals surface area (Å²) in [6, 6.07) is 0.189. The SMILES string of the molecule is CC1CCN(C(C)C(=O)C(C)N2CCC(C)CC2)CC1. The van der Waals surface area contributed by atoms with Crippen LogP contribution in [0.1, 0.15) is 53.4 Å². The van der Waals surface area contributed by atoms with Crippen LogP contribution in [0.3, 0.4) is 0 Å². The predicted octanol–water partition coefficient (Wildman–Crippen LogP) is 2.80. The molecule has 0 saturated carbocycles. The van der Waals surface area contributed by atoms with Crippen molar-refractivity contribution in [2.75, 3.05) is 26.2 Å². The Morgan fingerprint density at radius 2 is 1.10 bits per heavy atom. The van der Waals surface area contributed by atoms with Crippen molar-refractivity contribution >= 4 is 5.78 Å². The van der Waals surface area contributed by atoms with Crippen LogP contribution < -0.4 is 0 Å². The van der Waals surface area contributed by atoms with Gasteiger partial charge in [-0.25, -0.2) is 0 Å². The second-order valence-electron chi connectivity index (χ2n) is 7.19. The topological polar surface area (TPSA) is 23.6 Å². The third kappa shape index (κ3) is 3.82. The predicted molar refractivity (Wildman–Crippen MR) is 83.9 cm³/mol. The van der Waals surface area contributed by atoms with Crippen molar-refractivity contribution in [2.45, 2.75) is 65.5 Å². The molecule has 3 heteroatoms. The van der Waals surface area contributed by atoms with Crippen molar-refractivity contribution in [1.29, 1.82) is 0 Å². The van der Waals surface area contributed by atoms with Crippen molar-refractivity contribution < 1.29 is 4.79 Å². The van der Waals surface area contributed by atoms with E-state index in [0.29, 0.717) is 5.78 Å². The van der Waals surface area contributed by atoms with E-state index in [9.17, 15) is 4.79 Å². The van der Waals surface area contributed by atoms with Crippen molar-refractivity contribution in [3.63, 3.8) is 0 Å². The first-order valence-corrected chi connectivity index (χ1v) is 8.51. The van der Waals surface area contributed by atoms with E-state index in [0.717, 1.165) is 38.0 Å². The number of ketones is 1. The second kappa shape index (κ2) is 7.04. The molecule has 0 aromatic rings. The van der Waals surface area contributed by atoms with Crippen LogP contribution in [0.15, 0.2) is 0 Å². The molecular weight excluding hydrogens is 248 g/mol. The van der Waals surface area contributed by atoms with Gasteiger partial charge in [0.1, 0.15) is 0 Å². The van der Waals surface area contributed by atoms with Gasteiger partial charge in [0, 0.05) is 0 Å². The van der Waals surface area contributed by atoms with Gasteiger partial charge in [0.05, 0.1) is 12.1 Å². The molecule has 2 aliphatic rings. The Labute approximate surface area is 124 Å². The van der Waals surface area contributed by atoms with Crippen LogP contribution >= 0.6 is 0 Å². The van der Waals surface area contributed by atoms with E-state index in [1.807, 2.05) is 0 Å². The normalized spacial score (nSPS) is 27.4. The van der Waals surface area contributed by atoms with Gasteiger partial charge in [0.15, 0.2) is 5.78 Å². The maximum Gasteiger partial charge on any atom is 0.166 e. The Morgan fingerprint density at radius 1 is 0.800 bits per heavy atom. The Morgan fingerprint density at radius 3 is 1.40 bits per heavy atom. The van der Waals surface area contributed by atoms with Crippen LogP contribution in [0.25, 0.3) is 0 Å². The molecule has 0 spiro atoms. The van der Waals surface area contributed by atoms with Gasteiger partial charge in [0.25, 0.3) is 0 Å². The molecule has 2 saturated heterocycles. The van der Waals surface area contributed by atoms with Crippen molar-refractivity contribution in [3.8, 4) is 0 Å². The molecule has 2 heterocycles. The highest BCUT2D eigenvalue weighted by Crippen LogP contribution is 2.22. The Bertz CT molecular complexity index is 285. The highest BCUT2D eigenvalue weighted by atomic mass is 16.1. The number of nitrogens with zero attached hydrogens (tertiary/aromatic N) is 2. The fourth-order valence-corrected chi connectivity index (χ4v) is 3.54. The Hall–Kier alpha value is -0.410. The summed E-state index contributed by atoms with van der Waals surface area (Å²) in [7, 11) is 0. The molecule has 0 N–H and O–H groups in total. The van der Waals surface area contributed by atoms with Gasteiger partial charge in [-0.2, -0.15) is 0 Å². The van der Waals surface area contributed by atoms with Crippen molar-refractivity contribution in [1.82, 2.24) is 9.80 Å². The quantitative estimate of drug-likeness (QED) is 0.791. The summed E-state index contributed by atoms with van der Waals surface area (Å²) in [4.78, 5) is 17.5. The van der Waals surface area contributed by atoms with E-state index in [-0.39, 0.29) is 12.1 Å². The number of hydrogen-bond donors (Lipinski definition) is 0. The third-order valence-corrected chi connectivity index (χ3v) is 5.56. The molecule has 0 bridgehead atoms. The Kier molecular flexibility index (Phi) is 5.62. The fraction of sp³-hybridized carbons (Fsp3) is 0.941. The molecule has 0 radical (unpaired) electrons. The van der Waals surface area contributed by atoms with Crippen LogP contribution in [0.2, 0.25) is 0 Å². The maximum absolute atomic E-state index is 12.7. The number of hydrogen-bond acceptors (Lipinski definition) is 3. The summed E-state index contributed by atoms with van der Waals surface area (Å²) in [5, 5.41) is 0. The lowest BCUT2D eigenvalue weighted by molar-refractivity contribution is -0.129. The fourth-order valence-electron chi connectivity index (χ4n) is 3.54. The van der Waals surface area contributed by atoms with Gasteiger partial charge < -0.3 is 0 Å². The summed E-state index contributed by atoms with van der Waals surface area (Å²) in [5.41, 5.74) is 0. The average molecular weight is 280 g/mol. The highest BCUT2D eigenvalue weighted by Gasteiger charge is 2.31. The van der Waals surface area contributed by atoms with E-state index in [2.05, 4.69) is 37.5 Å². The molecule has 20 heavy (non-hydrogen) atoms.